The Labute approximate surface area is 69.1 Å². The van der Waals surface area contributed by atoms with Gasteiger partial charge in [-0.15, -0.1) is 0 Å². The molecule has 0 aromatic heterocycles. The third-order valence-electron chi connectivity index (χ3n) is 0.944. The van der Waals surface area contributed by atoms with E-state index in [0.717, 1.165) is 0 Å². The van der Waals surface area contributed by atoms with Crippen molar-refractivity contribution in [2.75, 3.05) is 26.3 Å². The minimum atomic E-state index is -2.53. The van der Waals surface area contributed by atoms with Gasteiger partial charge >= 0.3 is 0 Å². The molecule has 0 aromatic carbocycles. The molecule has 3 N–H and O–H groups in total. The van der Waals surface area contributed by atoms with Gasteiger partial charge in [0, 0.05) is 13.1 Å². The average molecular weight is 182 g/mol. The van der Waals surface area contributed by atoms with Gasteiger partial charge in [-0.3, -0.25) is 4.79 Å². The molecule has 0 heterocycles. The smallest absolute Gasteiger partial charge is 0.261 e. The Morgan fingerprint density at radius 2 is 2.25 bits per heavy atom. The van der Waals surface area contributed by atoms with Crippen LogP contribution in [-0.2, 0) is 9.53 Å². The molecule has 0 fully saturated rings. The van der Waals surface area contributed by atoms with Gasteiger partial charge in [-0.2, -0.15) is 0 Å². The van der Waals surface area contributed by atoms with Crippen molar-refractivity contribution in [1.29, 1.82) is 0 Å². The molecule has 0 bridgehead atoms. The molecule has 4 nitrogen and oxygen atoms in total. The van der Waals surface area contributed by atoms with Crippen molar-refractivity contribution in [2.24, 2.45) is 5.73 Å². The zero-order chi connectivity index (χ0) is 9.40. The summed E-state index contributed by atoms with van der Waals surface area (Å²) in [5.74, 6) is -0.430. The zero-order valence-electron chi connectivity index (χ0n) is 6.56. The number of carbonyl (C=O) groups is 1. The lowest BCUT2D eigenvalue weighted by atomic mass is 10.5. The van der Waals surface area contributed by atoms with E-state index >= 15 is 0 Å². The maximum atomic E-state index is 11.5. The second kappa shape index (κ2) is 6.93. The molecule has 0 unspecified atom stereocenters. The molecule has 6 heteroatoms. The van der Waals surface area contributed by atoms with Crippen molar-refractivity contribution < 1.29 is 18.3 Å². The van der Waals surface area contributed by atoms with Crippen molar-refractivity contribution >= 4 is 5.91 Å². The second-order valence-corrected chi connectivity index (χ2v) is 2.04. The molecule has 0 radical (unpaired) electrons. The summed E-state index contributed by atoms with van der Waals surface area (Å²) in [6.07, 6.45) is -2.53. The molecule has 1 amide bonds. The molecular formula is C6H12F2N2O2. The van der Waals surface area contributed by atoms with Gasteiger partial charge in [0.15, 0.2) is 0 Å². The molecule has 0 aromatic rings. The first-order chi connectivity index (χ1) is 5.66. The summed E-state index contributed by atoms with van der Waals surface area (Å²) in [6, 6.07) is 0. The molecule has 0 rings (SSSR count). The maximum absolute atomic E-state index is 11.5. The molecule has 0 saturated carbocycles. The topological polar surface area (TPSA) is 64.3 Å². The first-order valence-corrected chi connectivity index (χ1v) is 3.49. The quantitative estimate of drug-likeness (QED) is 0.573. The van der Waals surface area contributed by atoms with Crippen molar-refractivity contribution in [3.63, 3.8) is 0 Å². The highest BCUT2D eigenvalue weighted by Gasteiger charge is 2.04. The van der Waals surface area contributed by atoms with Crippen molar-refractivity contribution in [3.8, 4) is 0 Å². The Hall–Kier alpha value is -0.750. The summed E-state index contributed by atoms with van der Waals surface area (Å²) in [6.45, 7) is -0.405. The lowest BCUT2D eigenvalue weighted by Gasteiger charge is -2.03. The summed E-state index contributed by atoms with van der Waals surface area (Å²) in [4.78, 5) is 10.6. The molecule has 0 aliphatic carbocycles. The second-order valence-electron chi connectivity index (χ2n) is 2.04. The third-order valence-corrected chi connectivity index (χ3v) is 0.944. The van der Waals surface area contributed by atoms with Gasteiger partial charge in [0.05, 0.1) is 0 Å². The minimum Gasteiger partial charge on any atom is -0.366 e. The van der Waals surface area contributed by atoms with E-state index in [9.17, 15) is 13.6 Å². The minimum absolute atomic E-state index is 0.320. The van der Waals surface area contributed by atoms with Crippen molar-refractivity contribution in [2.45, 2.75) is 6.43 Å². The fourth-order valence-electron chi connectivity index (χ4n) is 0.503. The standard InChI is InChI=1S/C6H12F2N2O2/c7-5(8)3-12-4-6(11)10-2-1-9/h5H,1-4,9H2,(H,10,11). The number of carbonyl (C=O) groups excluding carboxylic acids is 1. The van der Waals surface area contributed by atoms with E-state index in [2.05, 4.69) is 10.1 Å². The number of ether oxygens (including phenoxy) is 1. The van der Waals surface area contributed by atoms with Gasteiger partial charge in [0.2, 0.25) is 5.91 Å². The monoisotopic (exact) mass is 182 g/mol. The van der Waals surface area contributed by atoms with Gasteiger partial charge in [0.1, 0.15) is 13.2 Å². The number of nitrogens with two attached hydrogens (primary N) is 1. The molecule has 0 aliphatic rings. The van der Waals surface area contributed by atoms with Crippen LogP contribution in [0.15, 0.2) is 0 Å². The maximum Gasteiger partial charge on any atom is 0.261 e. The first kappa shape index (κ1) is 11.2. The summed E-state index contributed by atoms with van der Waals surface area (Å²) < 4.78 is 27.3. The van der Waals surface area contributed by atoms with Gasteiger partial charge in [-0.25, -0.2) is 8.78 Å². The van der Waals surface area contributed by atoms with E-state index in [4.69, 9.17) is 5.73 Å². The number of nitrogens with one attached hydrogen (secondary N) is 1. The molecular weight excluding hydrogens is 170 g/mol. The summed E-state index contributed by atoms with van der Waals surface area (Å²) in [7, 11) is 0. The lowest BCUT2D eigenvalue weighted by Crippen LogP contribution is -2.32. The van der Waals surface area contributed by atoms with Crippen LogP contribution in [0.2, 0.25) is 0 Å². The van der Waals surface area contributed by atoms with E-state index < -0.39 is 18.9 Å². The zero-order valence-corrected chi connectivity index (χ0v) is 6.56. The SMILES string of the molecule is NCCNC(=O)COCC(F)F. The van der Waals surface area contributed by atoms with Crippen LogP contribution in [0.25, 0.3) is 0 Å². The molecule has 0 atom stereocenters. The van der Waals surface area contributed by atoms with Crippen molar-refractivity contribution in [3.05, 3.63) is 0 Å². The van der Waals surface area contributed by atoms with Gasteiger partial charge in [-0.05, 0) is 0 Å². The predicted octanol–water partition coefficient (Wildman–Crippen LogP) is -0.657. The van der Waals surface area contributed by atoms with Crippen LogP contribution in [0.5, 0.6) is 0 Å². The largest absolute Gasteiger partial charge is 0.366 e. The highest BCUT2D eigenvalue weighted by molar-refractivity contribution is 5.77. The van der Waals surface area contributed by atoms with E-state index in [-0.39, 0.29) is 6.61 Å². The van der Waals surface area contributed by atoms with Crippen LogP contribution < -0.4 is 11.1 Å². The highest BCUT2D eigenvalue weighted by atomic mass is 19.3. The fourth-order valence-corrected chi connectivity index (χ4v) is 0.503. The summed E-state index contributed by atoms with van der Waals surface area (Å²) >= 11 is 0. The highest BCUT2D eigenvalue weighted by Crippen LogP contribution is 1.91. The number of halogens is 2. The number of alkyl halides is 2. The van der Waals surface area contributed by atoms with Gasteiger partial charge in [0.25, 0.3) is 6.43 Å². The summed E-state index contributed by atoms with van der Waals surface area (Å²) in [5.41, 5.74) is 5.08. The van der Waals surface area contributed by atoms with E-state index in [1.165, 1.54) is 0 Å². The number of hydrogen-bond donors (Lipinski definition) is 2. The Morgan fingerprint density at radius 1 is 1.58 bits per heavy atom. The van der Waals surface area contributed by atoms with Gasteiger partial charge in [-0.1, -0.05) is 0 Å². The average Bonchev–Trinajstić information content (AvgIpc) is 2.00. The van der Waals surface area contributed by atoms with Crippen LogP contribution in [-0.4, -0.2) is 38.6 Å². The normalized spacial score (nSPS) is 10.3. The van der Waals surface area contributed by atoms with E-state index in [0.29, 0.717) is 13.1 Å². The van der Waals surface area contributed by atoms with Gasteiger partial charge < -0.3 is 15.8 Å². The lowest BCUT2D eigenvalue weighted by molar-refractivity contribution is -0.126. The Morgan fingerprint density at radius 3 is 2.75 bits per heavy atom. The number of rotatable bonds is 6. The third kappa shape index (κ3) is 7.36. The van der Waals surface area contributed by atoms with E-state index in [1.807, 2.05) is 0 Å². The molecule has 0 aliphatic heterocycles. The predicted molar refractivity (Wildman–Crippen MR) is 38.9 cm³/mol. The number of amides is 1. The van der Waals surface area contributed by atoms with Crippen LogP contribution in [0, 0.1) is 0 Å². The first-order valence-electron chi connectivity index (χ1n) is 3.49. The Bertz CT molecular complexity index is 133. The molecule has 0 spiro atoms. The fraction of sp³-hybridized carbons (Fsp3) is 0.833. The Kier molecular flexibility index (Phi) is 6.50. The molecule has 72 valence electrons. The summed E-state index contributed by atoms with van der Waals surface area (Å²) in [5, 5.41) is 2.37. The van der Waals surface area contributed by atoms with Crippen LogP contribution in [0.1, 0.15) is 0 Å². The number of hydrogen-bond acceptors (Lipinski definition) is 3. The molecule has 12 heavy (non-hydrogen) atoms. The van der Waals surface area contributed by atoms with Crippen LogP contribution in [0.4, 0.5) is 8.78 Å². The van der Waals surface area contributed by atoms with Crippen LogP contribution >= 0.6 is 0 Å². The van der Waals surface area contributed by atoms with Crippen LogP contribution in [0.3, 0.4) is 0 Å². The van der Waals surface area contributed by atoms with E-state index in [1.54, 1.807) is 0 Å². The Balaban J connectivity index is 3.20. The molecule has 0 saturated heterocycles. The van der Waals surface area contributed by atoms with Crippen molar-refractivity contribution in [1.82, 2.24) is 5.32 Å².